The van der Waals surface area contributed by atoms with E-state index in [0.717, 1.165) is 11.1 Å². The predicted molar refractivity (Wildman–Crippen MR) is 61.0 cm³/mol. The third-order valence-electron chi connectivity index (χ3n) is 3.33. The van der Waals surface area contributed by atoms with Crippen molar-refractivity contribution in [1.29, 1.82) is 0 Å². The van der Waals surface area contributed by atoms with Crippen LogP contribution >= 0.6 is 0 Å². The minimum absolute atomic E-state index is 0.0397. The molecular weight excluding hydrogens is 218 g/mol. The summed E-state index contributed by atoms with van der Waals surface area (Å²) in [4.78, 5) is 25.7. The minimum atomic E-state index is -0.179. The molecule has 4 nitrogen and oxygen atoms in total. The summed E-state index contributed by atoms with van der Waals surface area (Å²) in [6.45, 7) is 4.75. The molecule has 2 aliphatic rings. The maximum Gasteiger partial charge on any atom is 0.261 e. The summed E-state index contributed by atoms with van der Waals surface area (Å²) in [7, 11) is 0. The largest absolute Gasteiger partial charge is 0.371 e. The van der Waals surface area contributed by atoms with Gasteiger partial charge in [-0.3, -0.25) is 14.5 Å². The molecule has 88 valence electrons. The average Bonchev–Trinajstić information content (AvgIpc) is 3.06. The standard InChI is InChI=1S/C13H13NO3/c1-7-3-4-8(2)11-10(7)12(15)14(13(11)16)5-9-6-17-9/h3-4,9H,5-6H2,1-2H3. The molecule has 1 aromatic carbocycles. The van der Waals surface area contributed by atoms with E-state index >= 15 is 0 Å². The molecular formula is C13H13NO3. The lowest BCUT2D eigenvalue weighted by Crippen LogP contribution is -2.33. The van der Waals surface area contributed by atoms with Crippen molar-refractivity contribution in [3.05, 3.63) is 34.4 Å². The van der Waals surface area contributed by atoms with Gasteiger partial charge in [-0.05, 0) is 25.0 Å². The van der Waals surface area contributed by atoms with Crippen molar-refractivity contribution in [1.82, 2.24) is 4.90 Å². The molecule has 0 bridgehead atoms. The Morgan fingerprint density at radius 2 is 1.65 bits per heavy atom. The van der Waals surface area contributed by atoms with E-state index < -0.39 is 0 Å². The second-order valence-corrected chi connectivity index (χ2v) is 4.63. The Morgan fingerprint density at radius 1 is 1.18 bits per heavy atom. The fourth-order valence-electron chi connectivity index (χ4n) is 2.27. The van der Waals surface area contributed by atoms with Crippen LogP contribution in [0.5, 0.6) is 0 Å². The van der Waals surface area contributed by atoms with Crippen molar-refractivity contribution in [3.63, 3.8) is 0 Å². The van der Waals surface area contributed by atoms with E-state index in [2.05, 4.69) is 0 Å². The molecule has 1 saturated heterocycles. The lowest BCUT2D eigenvalue weighted by atomic mass is 9.99. The highest BCUT2D eigenvalue weighted by atomic mass is 16.6. The second kappa shape index (κ2) is 3.40. The molecule has 2 aliphatic heterocycles. The Bertz CT molecular complexity index is 491. The van der Waals surface area contributed by atoms with Gasteiger partial charge in [0.1, 0.15) is 0 Å². The van der Waals surface area contributed by atoms with Gasteiger partial charge in [0.2, 0.25) is 0 Å². The lowest BCUT2D eigenvalue weighted by Gasteiger charge is -2.11. The summed E-state index contributed by atoms with van der Waals surface area (Å²) in [5.74, 6) is -0.358. The summed E-state index contributed by atoms with van der Waals surface area (Å²) >= 11 is 0. The summed E-state index contributed by atoms with van der Waals surface area (Å²) < 4.78 is 5.08. The van der Waals surface area contributed by atoms with E-state index in [1.807, 2.05) is 26.0 Å². The van der Waals surface area contributed by atoms with Gasteiger partial charge >= 0.3 is 0 Å². The van der Waals surface area contributed by atoms with Crippen LogP contribution in [0.15, 0.2) is 12.1 Å². The molecule has 2 heterocycles. The number of rotatable bonds is 2. The van der Waals surface area contributed by atoms with E-state index in [4.69, 9.17) is 4.74 Å². The number of benzene rings is 1. The van der Waals surface area contributed by atoms with Crippen LogP contribution < -0.4 is 0 Å². The van der Waals surface area contributed by atoms with E-state index in [0.29, 0.717) is 24.3 Å². The quantitative estimate of drug-likeness (QED) is 0.569. The number of epoxide rings is 1. The molecule has 17 heavy (non-hydrogen) atoms. The van der Waals surface area contributed by atoms with Crippen LogP contribution in [0.25, 0.3) is 0 Å². The van der Waals surface area contributed by atoms with Gasteiger partial charge < -0.3 is 4.74 Å². The molecule has 1 unspecified atom stereocenters. The molecule has 0 aromatic heterocycles. The second-order valence-electron chi connectivity index (χ2n) is 4.63. The number of amides is 2. The van der Waals surface area contributed by atoms with Crippen LogP contribution in [0.3, 0.4) is 0 Å². The summed E-state index contributed by atoms with van der Waals surface area (Å²) in [5, 5.41) is 0. The maximum absolute atomic E-state index is 12.2. The molecule has 1 fully saturated rings. The lowest BCUT2D eigenvalue weighted by molar-refractivity contribution is 0.0642. The maximum atomic E-state index is 12.2. The zero-order valence-electron chi connectivity index (χ0n) is 9.82. The normalized spacial score (nSPS) is 22.0. The van der Waals surface area contributed by atoms with Crippen molar-refractivity contribution in [2.75, 3.05) is 13.2 Å². The Hall–Kier alpha value is -1.68. The first-order valence-corrected chi connectivity index (χ1v) is 5.67. The topological polar surface area (TPSA) is 49.9 Å². The van der Waals surface area contributed by atoms with Crippen LogP contribution in [-0.2, 0) is 4.74 Å². The van der Waals surface area contributed by atoms with Gasteiger partial charge in [0.25, 0.3) is 11.8 Å². The van der Waals surface area contributed by atoms with Gasteiger partial charge in [0.15, 0.2) is 0 Å². The summed E-state index contributed by atoms with van der Waals surface area (Å²) in [6, 6.07) is 3.77. The average molecular weight is 231 g/mol. The zero-order valence-corrected chi connectivity index (χ0v) is 9.82. The van der Waals surface area contributed by atoms with Crippen LogP contribution in [0.2, 0.25) is 0 Å². The highest BCUT2D eigenvalue weighted by Gasteiger charge is 2.41. The predicted octanol–water partition coefficient (Wildman–Crippen LogP) is 1.30. The number of ether oxygens (including phenoxy) is 1. The van der Waals surface area contributed by atoms with Crippen molar-refractivity contribution in [3.8, 4) is 0 Å². The third kappa shape index (κ3) is 1.48. The molecule has 4 heteroatoms. The fraction of sp³-hybridized carbons (Fsp3) is 0.385. The van der Waals surface area contributed by atoms with Crippen molar-refractivity contribution in [2.45, 2.75) is 20.0 Å². The number of carbonyl (C=O) groups is 2. The van der Waals surface area contributed by atoms with Crippen LogP contribution in [0.4, 0.5) is 0 Å². The summed E-state index contributed by atoms with van der Waals surface area (Å²) in [5.41, 5.74) is 2.86. The van der Waals surface area contributed by atoms with Gasteiger partial charge in [-0.15, -0.1) is 0 Å². The third-order valence-corrected chi connectivity index (χ3v) is 3.33. The number of hydrogen-bond donors (Lipinski definition) is 0. The van der Waals surface area contributed by atoms with Crippen LogP contribution in [0, 0.1) is 13.8 Å². The summed E-state index contributed by atoms with van der Waals surface area (Å²) in [6.07, 6.45) is 0.0397. The molecule has 3 rings (SSSR count). The molecule has 1 aromatic rings. The van der Waals surface area contributed by atoms with E-state index in [-0.39, 0.29) is 17.9 Å². The SMILES string of the molecule is Cc1ccc(C)c2c1C(=O)N(CC1CO1)C2=O. The molecule has 0 radical (unpaired) electrons. The first-order chi connectivity index (χ1) is 8.09. The Balaban J connectivity index is 2.07. The van der Waals surface area contributed by atoms with Crippen molar-refractivity contribution < 1.29 is 14.3 Å². The number of nitrogens with zero attached hydrogens (tertiary/aromatic N) is 1. The molecule has 0 spiro atoms. The number of imide groups is 1. The number of hydrogen-bond acceptors (Lipinski definition) is 3. The molecule has 2 amide bonds. The first-order valence-electron chi connectivity index (χ1n) is 5.67. The minimum Gasteiger partial charge on any atom is -0.371 e. The molecule has 0 saturated carbocycles. The molecule has 0 N–H and O–H groups in total. The van der Waals surface area contributed by atoms with E-state index in [1.54, 1.807) is 0 Å². The number of fused-ring (bicyclic) bond motifs is 1. The Labute approximate surface area is 99.2 Å². The van der Waals surface area contributed by atoms with Crippen molar-refractivity contribution in [2.24, 2.45) is 0 Å². The monoisotopic (exact) mass is 231 g/mol. The zero-order chi connectivity index (χ0) is 12.2. The van der Waals surface area contributed by atoms with Gasteiger partial charge in [-0.1, -0.05) is 12.1 Å². The fourth-order valence-corrected chi connectivity index (χ4v) is 2.27. The Kier molecular flexibility index (Phi) is 2.10. The highest BCUT2D eigenvalue weighted by molar-refractivity contribution is 6.22. The van der Waals surface area contributed by atoms with Crippen LogP contribution in [-0.4, -0.2) is 36.0 Å². The van der Waals surface area contributed by atoms with Crippen molar-refractivity contribution >= 4 is 11.8 Å². The Morgan fingerprint density at radius 3 is 2.06 bits per heavy atom. The molecule has 0 aliphatic carbocycles. The van der Waals surface area contributed by atoms with E-state index in [9.17, 15) is 9.59 Å². The van der Waals surface area contributed by atoms with Gasteiger partial charge in [0, 0.05) is 0 Å². The highest BCUT2D eigenvalue weighted by Crippen LogP contribution is 2.29. The van der Waals surface area contributed by atoms with Crippen LogP contribution in [0.1, 0.15) is 31.8 Å². The van der Waals surface area contributed by atoms with Gasteiger partial charge in [0.05, 0.1) is 30.4 Å². The number of carbonyl (C=O) groups excluding carboxylic acids is 2. The van der Waals surface area contributed by atoms with Gasteiger partial charge in [-0.25, -0.2) is 0 Å². The smallest absolute Gasteiger partial charge is 0.261 e. The first kappa shape index (κ1) is 10.5. The number of aryl methyl sites for hydroxylation is 2. The van der Waals surface area contributed by atoms with E-state index in [1.165, 1.54) is 4.90 Å². The van der Waals surface area contributed by atoms with Gasteiger partial charge in [-0.2, -0.15) is 0 Å². The molecule has 1 atom stereocenters.